The van der Waals surface area contributed by atoms with Crippen LogP contribution in [0, 0.1) is 0 Å². The lowest BCUT2D eigenvalue weighted by molar-refractivity contribution is 1.29. The largest absolute Gasteiger partial charge is 0.143 e. The van der Waals surface area contributed by atoms with E-state index in [1.807, 2.05) is 0 Å². The highest BCUT2D eigenvalue weighted by Crippen LogP contribution is 2.35. The fourth-order valence-electron chi connectivity index (χ4n) is 1.35. The second kappa shape index (κ2) is 4.35. The van der Waals surface area contributed by atoms with Crippen molar-refractivity contribution >= 4 is 57.4 Å². The molecule has 4 heteroatoms. The first-order chi connectivity index (χ1) is 6.76. The van der Waals surface area contributed by atoms with Crippen LogP contribution in [0.4, 0.5) is 0 Å². The number of fused-ring (bicyclic) bond motifs is 1. The first-order valence-electron chi connectivity index (χ1n) is 4.09. The van der Waals surface area contributed by atoms with Gasteiger partial charge < -0.3 is 0 Å². The van der Waals surface area contributed by atoms with Crippen molar-refractivity contribution in [2.24, 2.45) is 0 Å². The zero-order chi connectivity index (χ0) is 10.1. The van der Waals surface area contributed by atoms with Gasteiger partial charge in [0.2, 0.25) is 0 Å². The van der Waals surface area contributed by atoms with E-state index in [4.69, 9.17) is 11.6 Å². The number of halogens is 1. The summed E-state index contributed by atoms with van der Waals surface area (Å²) in [6.45, 7) is 0. The Balaban J connectivity index is 2.70. The Hall–Kier alpha value is 0.170. The molecule has 0 spiro atoms. The molecule has 1 heterocycles. The predicted octanol–water partition coefficient (Wildman–Crippen LogP) is 4.65. The van der Waals surface area contributed by atoms with Gasteiger partial charge in [0.05, 0.1) is 0 Å². The summed E-state index contributed by atoms with van der Waals surface area (Å²) < 4.78 is 1.29. The molecule has 0 N–H and O–H groups in total. The second-order valence-corrected chi connectivity index (χ2v) is 5.42. The minimum atomic E-state index is 0.526. The number of rotatable bonds is 2. The van der Waals surface area contributed by atoms with Gasteiger partial charge in [-0.05, 0) is 24.0 Å². The Kier molecular flexibility index (Phi) is 3.32. The molecule has 1 aromatic heterocycles. The summed E-state index contributed by atoms with van der Waals surface area (Å²) in [5.41, 5.74) is 1.11. The average molecular weight is 261 g/mol. The van der Waals surface area contributed by atoms with Crippen molar-refractivity contribution in [2.45, 2.75) is 15.7 Å². The zero-order valence-electron chi connectivity index (χ0n) is 7.58. The van der Waals surface area contributed by atoms with Crippen molar-refractivity contribution in [1.82, 2.24) is 0 Å². The van der Waals surface area contributed by atoms with E-state index in [0.717, 1.165) is 10.5 Å². The van der Waals surface area contributed by atoms with Crippen LogP contribution in [0.5, 0.6) is 0 Å². The van der Waals surface area contributed by atoms with Crippen LogP contribution >= 0.6 is 47.3 Å². The molecule has 0 saturated carbocycles. The summed E-state index contributed by atoms with van der Waals surface area (Å²) in [6.07, 6.45) is 2.09. The minimum absolute atomic E-state index is 0.526. The third-order valence-electron chi connectivity index (χ3n) is 2.10. The lowest BCUT2D eigenvalue weighted by Crippen LogP contribution is -1.80. The number of hydrogen-bond acceptors (Lipinski definition) is 3. The van der Waals surface area contributed by atoms with Gasteiger partial charge in [-0.3, -0.25) is 0 Å². The van der Waals surface area contributed by atoms with Crippen molar-refractivity contribution in [2.75, 3.05) is 6.26 Å². The Labute approximate surface area is 102 Å². The molecule has 14 heavy (non-hydrogen) atoms. The van der Waals surface area contributed by atoms with Gasteiger partial charge in [-0.15, -0.1) is 47.3 Å². The Morgan fingerprint density at radius 1 is 1.50 bits per heavy atom. The molecule has 0 radical (unpaired) electrons. The maximum absolute atomic E-state index is 5.84. The molecule has 0 aliphatic heterocycles. The van der Waals surface area contributed by atoms with Gasteiger partial charge in [-0.25, -0.2) is 0 Å². The summed E-state index contributed by atoms with van der Waals surface area (Å²) in [5, 5.41) is 3.48. The number of thiol groups is 1. The van der Waals surface area contributed by atoms with E-state index < -0.39 is 0 Å². The molecular formula is C10H9ClS3. The number of alkyl halides is 1. The monoisotopic (exact) mass is 260 g/mol. The molecule has 0 saturated heterocycles. The number of thioether (sulfide) groups is 1. The molecule has 2 rings (SSSR count). The van der Waals surface area contributed by atoms with Gasteiger partial charge in [0.15, 0.2) is 0 Å². The van der Waals surface area contributed by atoms with Crippen LogP contribution in [-0.4, -0.2) is 6.26 Å². The van der Waals surface area contributed by atoms with Gasteiger partial charge in [0.25, 0.3) is 0 Å². The van der Waals surface area contributed by atoms with E-state index >= 15 is 0 Å². The second-order valence-electron chi connectivity index (χ2n) is 2.91. The molecule has 0 fully saturated rings. The molecule has 74 valence electrons. The lowest BCUT2D eigenvalue weighted by Gasteiger charge is -2.02. The van der Waals surface area contributed by atoms with Gasteiger partial charge in [0.1, 0.15) is 0 Å². The van der Waals surface area contributed by atoms with Crippen LogP contribution in [0.15, 0.2) is 27.3 Å². The standard InChI is InChI=1S/C10H9ClS3/c1-13-10-5-14-9-3-8(12)6(4-11)2-7(9)10/h2-3,5,12H,4H2,1H3. The van der Waals surface area contributed by atoms with Crippen molar-refractivity contribution in [3.63, 3.8) is 0 Å². The van der Waals surface area contributed by atoms with Crippen LogP contribution in [0.25, 0.3) is 10.1 Å². The normalized spacial score (nSPS) is 11.1. The Bertz CT molecular complexity index is 462. The third kappa shape index (κ3) is 1.78. The minimum Gasteiger partial charge on any atom is -0.143 e. The topological polar surface area (TPSA) is 0 Å². The van der Waals surface area contributed by atoms with Crippen LogP contribution in [0.2, 0.25) is 0 Å². The summed E-state index contributed by atoms with van der Waals surface area (Å²) in [7, 11) is 0. The molecule has 2 aromatic rings. The number of hydrogen-bond donors (Lipinski definition) is 1. The quantitative estimate of drug-likeness (QED) is 0.466. The molecule has 0 bridgehead atoms. The number of thiophene rings is 1. The van der Waals surface area contributed by atoms with E-state index in [1.54, 1.807) is 23.1 Å². The van der Waals surface area contributed by atoms with E-state index in [-0.39, 0.29) is 0 Å². The van der Waals surface area contributed by atoms with Gasteiger partial charge in [-0.2, -0.15) is 0 Å². The lowest BCUT2D eigenvalue weighted by atomic mass is 10.2. The van der Waals surface area contributed by atoms with Crippen molar-refractivity contribution in [1.29, 1.82) is 0 Å². The van der Waals surface area contributed by atoms with Crippen molar-refractivity contribution < 1.29 is 0 Å². The fourth-order valence-corrected chi connectivity index (χ4v) is 3.85. The maximum atomic E-state index is 5.84. The van der Waals surface area contributed by atoms with Crippen LogP contribution in [-0.2, 0) is 5.88 Å². The SMILES string of the molecule is CSc1csc2cc(S)c(CCl)cc12. The summed E-state index contributed by atoms with van der Waals surface area (Å²) in [4.78, 5) is 2.31. The molecule has 0 aliphatic carbocycles. The summed E-state index contributed by atoms with van der Waals surface area (Å²) in [5.74, 6) is 0.526. The predicted molar refractivity (Wildman–Crippen MR) is 70.4 cm³/mol. The first kappa shape index (κ1) is 10.7. The highest BCUT2D eigenvalue weighted by atomic mass is 35.5. The Morgan fingerprint density at radius 3 is 2.93 bits per heavy atom. The van der Waals surface area contributed by atoms with Gasteiger partial charge in [-0.1, -0.05) is 0 Å². The van der Waals surface area contributed by atoms with Crippen molar-refractivity contribution in [3.8, 4) is 0 Å². The first-order valence-corrected chi connectivity index (χ1v) is 7.18. The molecule has 0 atom stereocenters. The smallest absolute Gasteiger partial charge is 0.0485 e. The molecular weight excluding hydrogens is 252 g/mol. The van der Waals surface area contributed by atoms with Crippen LogP contribution in [0.3, 0.4) is 0 Å². The van der Waals surface area contributed by atoms with Crippen molar-refractivity contribution in [3.05, 3.63) is 23.1 Å². The molecule has 0 aliphatic rings. The van der Waals surface area contributed by atoms with E-state index in [9.17, 15) is 0 Å². The van der Waals surface area contributed by atoms with Gasteiger partial charge >= 0.3 is 0 Å². The van der Waals surface area contributed by atoms with E-state index in [0.29, 0.717) is 5.88 Å². The zero-order valence-corrected chi connectivity index (χ0v) is 10.9. The molecule has 1 aromatic carbocycles. The Morgan fingerprint density at radius 2 is 2.29 bits per heavy atom. The molecule has 0 unspecified atom stereocenters. The fraction of sp³-hybridized carbons (Fsp3) is 0.200. The molecule has 0 amide bonds. The van der Waals surface area contributed by atoms with Gasteiger partial charge in [0, 0.05) is 31.1 Å². The highest BCUT2D eigenvalue weighted by Gasteiger charge is 2.06. The average Bonchev–Trinajstić information content (AvgIpc) is 2.58. The molecule has 0 nitrogen and oxygen atoms in total. The van der Waals surface area contributed by atoms with Crippen LogP contribution in [0.1, 0.15) is 5.56 Å². The number of benzene rings is 1. The van der Waals surface area contributed by atoms with E-state index in [2.05, 4.69) is 36.4 Å². The van der Waals surface area contributed by atoms with E-state index in [1.165, 1.54) is 15.0 Å². The van der Waals surface area contributed by atoms with Crippen LogP contribution < -0.4 is 0 Å². The maximum Gasteiger partial charge on any atom is 0.0485 e. The summed E-state index contributed by atoms with van der Waals surface area (Å²) in [6, 6.07) is 4.24. The third-order valence-corrected chi connectivity index (χ3v) is 4.68. The summed E-state index contributed by atoms with van der Waals surface area (Å²) >= 11 is 13.8. The highest BCUT2D eigenvalue weighted by molar-refractivity contribution is 7.99.